The summed E-state index contributed by atoms with van der Waals surface area (Å²) in [7, 11) is 1.44. The Bertz CT molecular complexity index is 1960. The quantitative estimate of drug-likeness (QED) is 0.200. The van der Waals surface area contributed by atoms with E-state index in [1.165, 1.54) is 31.3 Å². The number of rotatable bonds is 7. The molecule has 0 aliphatic rings. The number of nitrogens with zero attached hydrogens (tertiary/aromatic N) is 2. The van der Waals surface area contributed by atoms with Gasteiger partial charge in [0.25, 0.3) is 5.91 Å². The fourth-order valence-electron chi connectivity index (χ4n) is 5.08. The number of Topliss-reactive ketones (excluding diaryl/α,β-unsaturated/α-hetero) is 1. The SMILES string of the molecule is CNC(=O)c1c(-c2ccc(F)cc2)oc2ccc(-c3cc(C(=O)C[C@@H](C)c4nc5cnccc5o4)ccc3C)c(F)c12. The van der Waals surface area contributed by atoms with Crippen LogP contribution in [-0.2, 0) is 0 Å². The third-order valence-electron chi connectivity index (χ3n) is 7.32. The summed E-state index contributed by atoms with van der Waals surface area (Å²) in [6.07, 6.45) is 3.35. The van der Waals surface area contributed by atoms with E-state index >= 15 is 4.39 Å². The number of amides is 1. The molecule has 0 aliphatic heterocycles. The summed E-state index contributed by atoms with van der Waals surface area (Å²) >= 11 is 0. The van der Waals surface area contributed by atoms with Gasteiger partial charge in [-0.1, -0.05) is 19.1 Å². The number of pyridine rings is 1. The van der Waals surface area contributed by atoms with Crippen LogP contribution in [0.4, 0.5) is 8.78 Å². The van der Waals surface area contributed by atoms with Crippen LogP contribution in [-0.4, -0.2) is 28.7 Å². The van der Waals surface area contributed by atoms with Crippen molar-refractivity contribution in [1.29, 1.82) is 0 Å². The molecule has 0 spiro atoms. The molecule has 6 aromatic rings. The minimum atomic E-state index is -0.663. The molecule has 0 unspecified atom stereocenters. The van der Waals surface area contributed by atoms with Crippen LogP contribution in [0.5, 0.6) is 0 Å². The highest BCUT2D eigenvalue weighted by molar-refractivity contribution is 6.12. The van der Waals surface area contributed by atoms with Crippen molar-refractivity contribution in [2.45, 2.75) is 26.2 Å². The molecule has 0 radical (unpaired) electrons. The summed E-state index contributed by atoms with van der Waals surface area (Å²) in [4.78, 5) is 34.8. The Morgan fingerprint density at radius 2 is 1.74 bits per heavy atom. The fraction of sp³-hybridized carbons (Fsp3) is 0.152. The number of oxazole rings is 1. The van der Waals surface area contributed by atoms with E-state index in [0.717, 1.165) is 5.56 Å². The molecule has 3 aromatic heterocycles. The number of carbonyl (C=O) groups is 2. The van der Waals surface area contributed by atoms with Crippen molar-refractivity contribution in [1.82, 2.24) is 15.3 Å². The van der Waals surface area contributed by atoms with Crippen LogP contribution >= 0.6 is 0 Å². The summed E-state index contributed by atoms with van der Waals surface area (Å²) in [5.74, 6) is -1.54. The Morgan fingerprint density at radius 3 is 2.48 bits per heavy atom. The first-order valence-electron chi connectivity index (χ1n) is 13.3. The number of halogens is 2. The predicted molar refractivity (Wildman–Crippen MR) is 154 cm³/mol. The van der Waals surface area contributed by atoms with Gasteiger partial charge in [-0.2, -0.15) is 0 Å². The molecule has 7 nitrogen and oxygen atoms in total. The van der Waals surface area contributed by atoms with E-state index in [4.69, 9.17) is 8.83 Å². The van der Waals surface area contributed by atoms with Gasteiger partial charge in [0, 0.05) is 48.3 Å². The van der Waals surface area contributed by atoms with Gasteiger partial charge in [-0.05, 0) is 60.5 Å². The van der Waals surface area contributed by atoms with Gasteiger partial charge in [-0.15, -0.1) is 0 Å². The second-order valence-corrected chi connectivity index (χ2v) is 10.1. The molecule has 3 aromatic carbocycles. The number of hydrogen-bond donors (Lipinski definition) is 1. The van der Waals surface area contributed by atoms with Gasteiger partial charge in [-0.25, -0.2) is 13.8 Å². The minimum Gasteiger partial charge on any atom is -0.455 e. The fourth-order valence-corrected chi connectivity index (χ4v) is 5.08. The number of furan rings is 1. The third-order valence-corrected chi connectivity index (χ3v) is 7.32. The van der Waals surface area contributed by atoms with E-state index in [-0.39, 0.29) is 46.0 Å². The number of nitrogens with one attached hydrogen (secondary N) is 1. The summed E-state index contributed by atoms with van der Waals surface area (Å²) in [6, 6.07) is 15.4. The average Bonchev–Trinajstić information content (AvgIpc) is 3.61. The highest BCUT2D eigenvalue weighted by Crippen LogP contribution is 2.39. The van der Waals surface area contributed by atoms with Crippen LogP contribution in [0.25, 0.3) is 44.5 Å². The Labute approximate surface area is 239 Å². The van der Waals surface area contributed by atoms with Gasteiger partial charge in [-0.3, -0.25) is 14.6 Å². The van der Waals surface area contributed by atoms with Gasteiger partial charge in [0.05, 0.1) is 17.1 Å². The largest absolute Gasteiger partial charge is 0.455 e. The first-order valence-corrected chi connectivity index (χ1v) is 13.3. The highest BCUT2D eigenvalue weighted by Gasteiger charge is 2.27. The average molecular weight is 566 g/mol. The van der Waals surface area contributed by atoms with E-state index in [9.17, 15) is 14.0 Å². The van der Waals surface area contributed by atoms with Crippen molar-refractivity contribution in [3.63, 3.8) is 0 Å². The molecule has 6 rings (SSSR count). The zero-order valence-electron chi connectivity index (χ0n) is 23.0. The van der Waals surface area contributed by atoms with E-state index < -0.39 is 17.5 Å². The van der Waals surface area contributed by atoms with E-state index in [1.807, 2.05) is 13.8 Å². The number of fused-ring (bicyclic) bond motifs is 2. The van der Waals surface area contributed by atoms with Gasteiger partial charge >= 0.3 is 0 Å². The number of ketones is 1. The van der Waals surface area contributed by atoms with Crippen LogP contribution in [0.15, 0.2) is 81.9 Å². The lowest BCUT2D eigenvalue weighted by molar-refractivity contribution is 0.0959. The lowest BCUT2D eigenvalue weighted by Crippen LogP contribution is -2.18. The molecular weight excluding hydrogens is 540 g/mol. The van der Waals surface area contributed by atoms with Crippen LogP contribution < -0.4 is 5.32 Å². The van der Waals surface area contributed by atoms with Crippen molar-refractivity contribution >= 4 is 33.8 Å². The smallest absolute Gasteiger partial charge is 0.255 e. The number of aryl methyl sites for hydroxylation is 1. The first-order chi connectivity index (χ1) is 20.2. The van der Waals surface area contributed by atoms with Crippen molar-refractivity contribution in [3.8, 4) is 22.5 Å². The van der Waals surface area contributed by atoms with Gasteiger partial charge in [0.2, 0.25) is 0 Å². The van der Waals surface area contributed by atoms with Gasteiger partial charge in [0.15, 0.2) is 17.3 Å². The van der Waals surface area contributed by atoms with Crippen molar-refractivity contribution in [3.05, 3.63) is 107 Å². The molecule has 1 amide bonds. The molecule has 0 aliphatic carbocycles. The Kier molecular flexibility index (Phi) is 6.86. The number of aromatic nitrogens is 2. The monoisotopic (exact) mass is 565 g/mol. The van der Waals surface area contributed by atoms with Crippen molar-refractivity contribution in [2.75, 3.05) is 7.05 Å². The van der Waals surface area contributed by atoms with E-state index in [0.29, 0.717) is 33.7 Å². The Morgan fingerprint density at radius 1 is 0.952 bits per heavy atom. The summed E-state index contributed by atoms with van der Waals surface area (Å²) in [5.41, 5.74) is 3.69. The summed E-state index contributed by atoms with van der Waals surface area (Å²) in [5, 5.41) is 2.54. The Hall–Kier alpha value is -5.18. The normalized spacial score (nSPS) is 12.1. The first kappa shape index (κ1) is 27.0. The van der Waals surface area contributed by atoms with Crippen LogP contribution in [0.1, 0.15) is 51.4 Å². The molecule has 210 valence electrons. The summed E-state index contributed by atoms with van der Waals surface area (Å²) in [6.45, 7) is 3.68. The van der Waals surface area contributed by atoms with Crippen LogP contribution in [0.3, 0.4) is 0 Å². The topological polar surface area (TPSA) is 98.2 Å². The van der Waals surface area contributed by atoms with Gasteiger partial charge < -0.3 is 14.2 Å². The lowest BCUT2D eigenvalue weighted by Gasteiger charge is -2.12. The highest BCUT2D eigenvalue weighted by atomic mass is 19.1. The third kappa shape index (κ3) is 4.72. The van der Waals surface area contributed by atoms with E-state index in [2.05, 4.69) is 15.3 Å². The lowest BCUT2D eigenvalue weighted by atomic mass is 9.92. The zero-order valence-corrected chi connectivity index (χ0v) is 23.0. The minimum absolute atomic E-state index is 0.00127. The maximum Gasteiger partial charge on any atom is 0.255 e. The maximum absolute atomic E-state index is 16.3. The second-order valence-electron chi connectivity index (χ2n) is 10.1. The molecule has 0 fully saturated rings. The molecule has 9 heteroatoms. The summed E-state index contributed by atoms with van der Waals surface area (Å²) < 4.78 is 41.6. The van der Waals surface area contributed by atoms with Crippen LogP contribution in [0.2, 0.25) is 0 Å². The molecule has 1 atom stereocenters. The predicted octanol–water partition coefficient (Wildman–Crippen LogP) is 7.63. The standard InChI is InChI=1S/C33H25F2N3O4/c1-17-4-5-20(25(39)14-18(2)33-38-24-16-37-13-12-26(24)42-33)15-23(17)22-10-11-27-28(30(22)35)29(32(40)36-3)31(41-27)19-6-8-21(34)9-7-19/h4-13,15-16,18H,14H2,1-3H3,(H,36,40)/t18-/m1/s1. The number of carbonyl (C=O) groups excluding carboxylic acids is 2. The van der Waals surface area contributed by atoms with Crippen LogP contribution in [0, 0.1) is 18.6 Å². The molecule has 42 heavy (non-hydrogen) atoms. The van der Waals surface area contributed by atoms with E-state index in [1.54, 1.807) is 48.8 Å². The maximum atomic E-state index is 16.3. The zero-order chi connectivity index (χ0) is 29.5. The number of benzene rings is 3. The molecule has 0 saturated heterocycles. The molecular formula is C33H25F2N3O4. The number of hydrogen-bond acceptors (Lipinski definition) is 6. The van der Waals surface area contributed by atoms with Crippen molar-refractivity contribution in [2.24, 2.45) is 0 Å². The Balaban J connectivity index is 1.38. The second kappa shape index (κ2) is 10.7. The van der Waals surface area contributed by atoms with Crippen molar-refractivity contribution < 1.29 is 27.2 Å². The van der Waals surface area contributed by atoms with Gasteiger partial charge in [0.1, 0.15) is 28.5 Å². The molecule has 0 saturated carbocycles. The molecule has 0 bridgehead atoms. The molecule has 1 N–H and O–H groups in total. The molecule has 3 heterocycles.